The number of furan rings is 1. The van der Waals surface area contributed by atoms with Crippen molar-refractivity contribution < 1.29 is 9.21 Å². The summed E-state index contributed by atoms with van der Waals surface area (Å²) in [6.45, 7) is 0. The molecular weight excluding hydrogens is 299 g/mol. The van der Waals surface area contributed by atoms with Crippen molar-refractivity contribution in [3.05, 3.63) is 58.6 Å². The summed E-state index contributed by atoms with van der Waals surface area (Å²) in [5.41, 5.74) is 1.44. The third-order valence-corrected chi connectivity index (χ3v) is 3.29. The van der Waals surface area contributed by atoms with E-state index in [1.165, 1.54) is 12.3 Å². The van der Waals surface area contributed by atoms with Crippen molar-refractivity contribution in [1.29, 1.82) is 0 Å². The molecule has 0 bridgehead atoms. The first kappa shape index (κ1) is 13.0. The summed E-state index contributed by atoms with van der Waals surface area (Å²) >= 11 is 11.8. The molecule has 0 unspecified atom stereocenters. The minimum atomic E-state index is -0.377. The van der Waals surface area contributed by atoms with Gasteiger partial charge in [0.15, 0.2) is 0 Å². The van der Waals surface area contributed by atoms with Crippen LogP contribution < -0.4 is 5.32 Å². The van der Waals surface area contributed by atoms with Crippen LogP contribution in [0.1, 0.15) is 10.4 Å². The number of amides is 1. The number of carbonyl (C=O) groups excluding carboxylic acids is 1. The van der Waals surface area contributed by atoms with Crippen LogP contribution >= 0.6 is 23.2 Å². The standard InChI is InChI=1S/C14H8Cl2N2O2/c15-9-6-8-2-1-4-17-12(8)11(7-9)18-14(19)10-3-5-20-13(10)16/h1-7H,(H,18,19). The Morgan fingerprint density at radius 1 is 1.25 bits per heavy atom. The van der Waals surface area contributed by atoms with Gasteiger partial charge in [-0.15, -0.1) is 0 Å². The zero-order valence-electron chi connectivity index (χ0n) is 10.1. The molecule has 0 atom stereocenters. The maximum absolute atomic E-state index is 12.1. The van der Waals surface area contributed by atoms with Gasteiger partial charge in [0.1, 0.15) is 0 Å². The molecule has 0 fully saturated rings. The fraction of sp³-hybridized carbons (Fsp3) is 0. The van der Waals surface area contributed by atoms with Crippen LogP contribution in [-0.4, -0.2) is 10.9 Å². The van der Waals surface area contributed by atoms with Crippen LogP contribution in [0.5, 0.6) is 0 Å². The van der Waals surface area contributed by atoms with Crippen molar-refractivity contribution in [2.75, 3.05) is 5.32 Å². The van der Waals surface area contributed by atoms with Crippen LogP contribution in [-0.2, 0) is 0 Å². The van der Waals surface area contributed by atoms with Crippen molar-refractivity contribution >= 4 is 45.7 Å². The van der Waals surface area contributed by atoms with E-state index in [-0.39, 0.29) is 16.7 Å². The smallest absolute Gasteiger partial charge is 0.260 e. The number of aromatic nitrogens is 1. The molecule has 0 radical (unpaired) electrons. The number of carbonyl (C=O) groups is 1. The second kappa shape index (κ2) is 5.15. The minimum Gasteiger partial charge on any atom is -0.452 e. The van der Waals surface area contributed by atoms with Crippen molar-refractivity contribution in [3.8, 4) is 0 Å². The first-order chi connectivity index (χ1) is 9.65. The van der Waals surface area contributed by atoms with Gasteiger partial charge in [-0.25, -0.2) is 0 Å². The van der Waals surface area contributed by atoms with Crippen LogP contribution in [0.2, 0.25) is 10.2 Å². The van der Waals surface area contributed by atoms with Crippen molar-refractivity contribution in [1.82, 2.24) is 4.98 Å². The Morgan fingerprint density at radius 2 is 2.10 bits per heavy atom. The highest BCUT2D eigenvalue weighted by molar-refractivity contribution is 6.33. The Hall–Kier alpha value is -2.04. The van der Waals surface area contributed by atoms with E-state index in [9.17, 15) is 4.79 Å². The molecule has 2 aromatic heterocycles. The Balaban J connectivity index is 2.03. The van der Waals surface area contributed by atoms with Gasteiger partial charge in [0.2, 0.25) is 5.22 Å². The van der Waals surface area contributed by atoms with Crippen LogP contribution in [0.3, 0.4) is 0 Å². The zero-order chi connectivity index (χ0) is 14.1. The highest BCUT2D eigenvalue weighted by Crippen LogP contribution is 2.27. The predicted octanol–water partition coefficient (Wildman–Crippen LogP) is 4.39. The van der Waals surface area contributed by atoms with E-state index in [1.54, 1.807) is 24.4 Å². The lowest BCUT2D eigenvalue weighted by atomic mass is 10.2. The third kappa shape index (κ3) is 2.35. The predicted molar refractivity (Wildman–Crippen MR) is 78.4 cm³/mol. The number of nitrogens with zero attached hydrogens (tertiary/aromatic N) is 1. The molecule has 1 aromatic carbocycles. The average molecular weight is 307 g/mol. The largest absolute Gasteiger partial charge is 0.452 e. The molecule has 0 saturated carbocycles. The van der Waals surface area contributed by atoms with Gasteiger partial charge in [0.05, 0.1) is 23.0 Å². The van der Waals surface area contributed by atoms with E-state index < -0.39 is 0 Å². The molecule has 1 N–H and O–H groups in total. The highest BCUT2D eigenvalue weighted by atomic mass is 35.5. The second-order valence-electron chi connectivity index (χ2n) is 4.09. The van der Waals surface area contributed by atoms with Crippen LogP contribution in [0.4, 0.5) is 5.69 Å². The zero-order valence-corrected chi connectivity index (χ0v) is 11.6. The number of hydrogen-bond acceptors (Lipinski definition) is 3. The van der Waals surface area contributed by atoms with E-state index in [0.29, 0.717) is 16.2 Å². The van der Waals surface area contributed by atoms with Gasteiger partial charge in [0, 0.05) is 16.6 Å². The summed E-state index contributed by atoms with van der Waals surface area (Å²) < 4.78 is 4.90. The molecule has 2 heterocycles. The molecule has 3 rings (SSSR count). The molecule has 6 heteroatoms. The molecule has 0 aliphatic carbocycles. The summed E-state index contributed by atoms with van der Waals surface area (Å²) in [5.74, 6) is -0.377. The Morgan fingerprint density at radius 3 is 2.85 bits per heavy atom. The topological polar surface area (TPSA) is 55.1 Å². The fourth-order valence-corrected chi connectivity index (χ4v) is 2.32. The Kier molecular flexibility index (Phi) is 3.34. The van der Waals surface area contributed by atoms with Gasteiger partial charge >= 0.3 is 0 Å². The molecule has 4 nitrogen and oxygen atoms in total. The quantitative estimate of drug-likeness (QED) is 0.764. The third-order valence-electron chi connectivity index (χ3n) is 2.78. The minimum absolute atomic E-state index is 0.0433. The lowest BCUT2D eigenvalue weighted by Crippen LogP contribution is -2.12. The maximum Gasteiger partial charge on any atom is 0.260 e. The van der Waals surface area contributed by atoms with Crippen molar-refractivity contribution in [3.63, 3.8) is 0 Å². The van der Waals surface area contributed by atoms with E-state index in [0.717, 1.165) is 5.39 Å². The number of benzene rings is 1. The number of halogens is 2. The molecule has 0 aliphatic rings. The summed E-state index contributed by atoms with van der Waals surface area (Å²) in [4.78, 5) is 16.4. The number of anilines is 1. The number of hydrogen-bond donors (Lipinski definition) is 1. The van der Waals surface area contributed by atoms with Crippen molar-refractivity contribution in [2.45, 2.75) is 0 Å². The molecule has 20 heavy (non-hydrogen) atoms. The molecule has 0 saturated heterocycles. The van der Waals surface area contributed by atoms with Crippen LogP contribution in [0.25, 0.3) is 10.9 Å². The van der Waals surface area contributed by atoms with Crippen LogP contribution in [0, 0.1) is 0 Å². The SMILES string of the molecule is O=C(Nc1cc(Cl)cc2cccnc12)c1ccoc1Cl. The number of nitrogens with one attached hydrogen (secondary N) is 1. The average Bonchev–Trinajstić information content (AvgIpc) is 2.85. The normalized spacial score (nSPS) is 10.7. The van der Waals surface area contributed by atoms with E-state index in [1.807, 2.05) is 6.07 Å². The van der Waals surface area contributed by atoms with Crippen molar-refractivity contribution in [2.24, 2.45) is 0 Å². The monoisotopic (exact) mass is 306 g/mol. The van der Waals surface area contributed by atoms with Gasteiger partial charge in [-0.05, 0) is 35.9 Å². The van der Waals surface area contributed by atoms with Crippen LogP contribution in [0.15, 0.2) is 47.2 Å². The molecule has 3 aromatic rings. The first-order valence-corrected chi connectivity index (χ1v) is 6.49. The maximum atomic E-state index is 12.1. The Labute approximate surface area is 124 Å². The van der Waals surface area contributed by atoms with Gasteiger partial charge in [-0.1, -0.05) is 17.7 Å². The lowest BCUT2D eigenvalue weighted by Gasteiger charge is -2.08. The molecule has 1 amide bonds. The molecule has 100 valence electrons. The van der Waals surface area contributed by atoms with E-state index in [4.69, 9.17) is 27.6 Å². The van der Waals surface area contributed by atoms with Gasteiger partial charge in [0.25, 0.3) is 5.91 Å². The summed E-state index contributed by atoms with van der Waals surface area (Å²) in [6.07, 6.45) is 3.00. The molecule has 0 spiro atoms. The second-order valence-corrected chi connectivity index (χ2v) is 4.87. The summed E-state index contributed by atoms with van der Waals surface area (Å²) in [5, 5.41) is 4.14. The van der Waals surface area contributed by atoms with Gasteiger partial charge in [-0.2, -0.15) is 0 Å². The summed E-state index contributed by atoms with van der Waals surface area (Å²) in [7, 11) is 0. The molecular formula is C14H8Cl2N2O2. The Bertz CT molecular complexity index is 799. The van der Waals surface area contributed by atoms with Gasteiger partial charge < -0.3 is 9.73 Å². The highest BCUT2D eigenvalue weighted by Gasteiger charge is 2.15. The molecule has 0 aliphatic heterocycles. The van der Waals surface area contributed by atoms with E-state index >= 15 is 0 Å². The number of rotatable bonds is 2. The van der Waals surface area contributed by atoms with E-state index in [2.05, 4.69) is 10.3 Å². The number of fused-ring (bicyclic) bond motifs is 1. The van der Waals surface area contributed by atoms with Gasteiger partial charge in [-0.3, -0.25) is 9.78 Å². The first-order valence-electron chi connectivity index (χ1n) is 5.74. The fourth-order valence-electron chi connectivity index (χ4n) is 1.90. The number of pyridine rings is 1. The summed E-state index contributed by atoms with van der Waals surface area (Å²) in [6, 6.07) is 8.59. The lowest BCUT2D eigenvalue weighted by molar-refractivity contribution is 0.102.